The molecule has 0 aliphatic heterocycles. The Morgan fingerprint density at radius 2 is 1.81 bits per heavy atom. The van der Waals surface area contributed by atoms with Gasteiger partial charge in [-0.3, -0.25) is 14.6 Å². The van der Waals surface area contributed by atoms with Gasteiger partial charge >= 0.3 is 5.97 Å². The van der Waals surface area contributed by atoms with Gasteiger partial charge in [-0.15, -0.1) is 0 Å². The number of pyridine rings is 1. The lowest BCUT2D eigenvalue weighted by atomic mass is 9.84. The van der Waals surface area contributed by atoms with E-state index >= 15 is 0 Å². The van der Waals surface area contributed by atoms with Gasteiger partial charge in [-0.1, -0.05) is 24.3 Å². The van der Waals surface area contributed by atoms with Crippen molar-refractivity contribution in [1.29, 1.82) is 0 Å². The number of aromatic nitrogens is 1. The minimum atomic E-state index is -1.17. The van der Waals surface area contributed by atoms with Gasteiger partial charge in [0.1, 0.15) is 0 Å². The average molecular weight is 350 g/mol. The van der Waals surface area contributed by atoms with E-state index in [9.17, 15) is 9.59 Å². The van der Waals surface area contributed by atoms with Crippen LogP contribution in [0.15, 0.2) is 54.9 Å². The molecule has 0 radical (unpaired) electrons. The van der Waals surface area contributed by atoms with Crippen molar-refractivity contribution < 1.29 is 14.3 Å². The van der Waals surface area contributed by atoms with Gasteiger partial charge in [0.15, 0.2) is 5.41 Å². The summed E-state index contributed by atoms with van der Waals surface area (Å²) in [5.74, 6) is -0.790. The SMILES string of the molecule is CCOC(=O)C1(C(=O)Nc2cc(-c3ccncc3)ccc2C)CC=CC1. The number of benzene rings is 1. The van der Waals surface area contributed by atoms with Crippen LogP contribution in [0, 0.1) is 12.3 Å². The number of hydrogen-bond donors (Lipinski definition) is 1. The van der Waals surface area contributed by atoms with Crippen LogP contribution in [0.25, 0.3) is 11.1 Å². The summed E-state index contributed by atoms with van der Waals surface area (Å²) < 4.78 is 5.16. The van der Waals surface area contributed by atoms with Crippen LogP contribution < -0.4 is 5.32 Å². The summed E-state index contributed by atoms with van der Waals surface area (Å²) in [4.78, 5) is 29.5. The monoisotopic (exact) mass is 350 g/mol. The summed E-state index contributed by atoms with van der Waals surface area (Å²) in [6, 6.07) is 9.70. The molecule has 0 fully saturated rings. The zero-order chi connectivity index (χ0) is 18.6. The smallest absolute Gasteiger partial charge is 0.322 e. The van der Waals surface area contributed by atoms with Crippen LogP contribution in [0.5, 0.6) is 0 Å². The Kier molecular flexibility index (Phi) is 5.16. The second-order valence-electron chi connectivity index (χ2n) is 6.40. The van der Waals surface area contributed by atoms with E-state index in [-0.39, 0.29) is 12.5 Å². The molecule has 0 saturated heterocycles. The molecule has 1 heterocycles. The van der Waals surface area contributed by atoms with Gasteiger partial charge in [0.2, 0.25) is 5.91 Å². The van der Waals surface area contributed by atoms with E-state index in [4.69, 9.17) is 4.74 Å². The molecule has 0 saturated carbocycles. The fraction of sp³-hybridized carbons (Fsp3) is 0.286. The Morgan fingerprint density at radius 3 is 2.46 bits per heavy atom. The summed E-state index contributed by atoms with van der Waals surface area (Å²) in [7, 11) is 0. The van der Waals surface area contributed by atoms with Crippen LogP contribution in [-0.4, -0.2) is 23.5 Å². The van der Waals surface area contributed by atoms with Crippen molar-refractivity contribution in [1.82, 2.24) is 4.98 Å². The van der Waals surface area contributed by atoms with Gasteiger partial charge in [0.05, 0.1) is 6.61 Å². The first-order valence-corrected chi connectivity index (χ1v) is 8.71. The molecular weight excluding hydrogens is 328 g/mol. The van der Waals surface area contributed by atoms with Gasteiger partial charge in [0.25, 0.3) is 0 Å². The highest BCUT2D eigenvalue weighted by Gasteiger charge is 2.47. The third kappa shape index (κ3) is 3.38. The second-order valence-corrected chi connectivity index (χ2v) is 6.40. The number of allylic oxidation sites excluding steroid dienone is 2. The number of carbonyl (C=O) groups is 2. The van der Waals surface area contributed by atoms with Crippen molar-refractivity contribution in [3.63, 3.8) is 0 Å². The largest absolute Gasteiger partial charge is 0.465 e. The number of amides is 1. The number of aryl methyl sites for hydroxylation is 1. The molecule has 0 spiro atoms. The van der Waals surface area contributed by atoms with E-state index in [1.165, 1.54) is 0 Å². The van der Waals surface area contributed by atoms with Gasteiger partial charge in [0, 0.05) is 18.1 Å². The molecule has 26 heavy (non-hydrogen) atoms. The summed E-state index contributed by atoms with van der Waals surface area (Å²) in [5.41, 5.74) is 2.44. The Balaban J connectivity index is 1.88. The summed E-state index contributed by atoms with van der Waals surface area (Å²) in [6.45, 7) is 3.93. The quantitative estimate of drug-likeness (QED) is 0.504. The lowest BCUT2D eigenvalue weighted by Gasteiger charge is -2.25. The first kappa shape index (κ1) is 17.9. The molecule has 1 aromatic carbocycles. The number of esters is 1. The molecule has 1 aliphatic rings. The molecule has 1 aromatic heterocycles. The molecule has 1 N–H and O–H groups in total. The first-order chi connectivity index (χ1) is 12.6. The standard InChI is InChI=1S/C21H22N2O3/c1-3-26-20(25)21(10-4-5-11-21)19(24)23-18-14-17(7-6-15(18)2)16-8-12-22-13-9-16/h4-9,12-14H,3,10-11H2,1-2H3,(H,23,24). The minimum absolute atomic E-state index is 0.254. The second kappa shape index (κ2) is 7.52. The summed E-state index contributed by atoms with van der Waals surface area (Å²) in [6.07, 6.45) is 7.90. The van der Waals surface area contributed by atoms with Crippen molar-refractivity contribution in [2.75, 3.05) is 11.9 Å². The molecule has 5 nitrogen and oxygen atoms in total. The summed E-state index contributed by atoms with van der Waals surface area (Å²) >= 11 is 0. The molecule has 134 valence electrons. The Labute approximate surface area is 153 Å². The zero-order valence-corrected chi connectivity index (χ0v) is 15.0. The number of nitrogens with zero attached hydrogens (tertiary/aromatic N) is 1. The van der Waals surface area contributed by atoms with Gasteiger partial charge in [-0.05, 0) is 61.6 Å². The number of nitrogens with one attached hydrogen (secondary N) is 1. The van der Waals surface area contributed by atoms with E-state index in [2.05, 4.69) is 10.3 Å². The molecular formula is C21H22N2O3. The highest BCUT2D eigenvalue weighted by atomic mass is 16.5. The van der Waals surface area contributed by atoms with Crippen molar-refractivity contribution in [3.8, 4) is 11.1 Å². The normalized spacial score (nSPS) is 14.8. The number of hydrogen-bond acceptors (Lipinski definition) is 4. The van der Waals surface area contributed by atoms with E-state index < -0.39 is 11.4 Å². The first-order valence-electron chi connectivity index (χ1n) is 8.71. The molecule has 0 atom stereocenters. The maximum atomic E-state index is 13.0. The molecule has 1 aliphatic carbocycles. The van der Waals surface area contributed by atoms with Crippen LogP contribution in [0.4, 0.5) is 5.69 Å². The van der Waals surface area contributed by atoms with Crippen LogP contribution >= 0.6 is 0 Å². The lowest BCUT2D eigenvalue weighted by molar-refractivity contribution is -0.158. The number of rotatable bonds is 5. The molecule has 0 unspecified atom stereocenters. The molecule has 1 amide bonds. The van der Waals surface area contributed by atoms with Crippen molar-refractivity contribution >= 4 is 17.6 Å². The number of anilines is 1. The predicted octanol–water partition coefficient (Wildman–Crippen LogP) is 3.90. The fourth-order valence-electron chi connectivity index (χ4n) is 3.09. The van der Waals surface area contributed by atoms with E-state index in [0.717, 1.165) is 16.7 Å². The highest BCUT2D eigenvalue weighted by molar-refractivity contribution is 6.10. The molecule has 2 aromatic rings. The maximum Gasteiger partial charge on any atom is 0.322 e. The maximum absolute atomic E-state index is 13.0. The Bertz CT molecular complexity index is 836. The summed E-state index contributed by atoms with van der Waals surface area (Å²) in [5, 5.41) is 2.95. The minimum Gasteiger partial charge on any atom is -0.465 e. The lowest BCUT2D eigenvalue weighted by Crippen LogP contribution is -2.42. The van der Waals surface area contributed by atoms with Crippen molar-refractivity contribution in [3.05, 3.63) is 60.4 Å². The van der Waals surface area contributed by atoms with Crippen LogP contribution in [0.3, 0.4) is 0 Å². The molecule has 3 rings (SSSR count). The van der Waals surface area contributed by atoms with Crippen LogP contribution in [0.1, 0.15) is 25.3 Å². The highest BCUT2D eigenvalue weighted by Crippen LogP contribution is 2.37. The predicted molar refractivity (Wildman–Crippen MR) is 100 cm³/mol. The van der Waals surface area contributed by atoms with Gasteiger partial charge in [-0.25, -0.2) is 0 Å². The fourth-order valence-corrected chi connectivity index (χ4v) is 3.09. The Morgan fingerprint density at radius 1 is 1.12 bits per heavy atom. The zero-order valence-electron chi connectivity index (χ0n) is 15.0. The van der Waals surface area contributed by atoms with Crippen molar-refractivity contribution in [2.45, 2.75) is 26.7 Å². The van der Waals surface area contributed by atoms with Crippen LogP contribution in [-0.2, 0) is 14.3 Å². The van der Waals surface area contributed by atoms with Gasteiger partial charge < -0.3 is 10.1 Å². The molecule has 0 bridgehead atoms. The Hall–Kier alpha value is -2.95. The van der Waals surface area contributed by atoms with E-state index in [0.29, 0.717) is 18.5 Å². The van der Waals surface area contributed by atoms with Gasteiger partial charge in [-0.2, -0.15) is 0 Å². The van der Waals surface area contributed by atoms with Crippen molar-refractivity contribution in [2.24, 2.45) is 5.41 Å². The molecule has 5 heteroatoms. The van der Waals surface area contributed by atoms with E-state index in [1.54, 1.807) is 19.3 Å². The third-order valence-electron chi connectivity index (χ3n) is 4.70. The third-order valence-corrected chi connectivity index (χ3v) is 4.70. The average Bonchev–Trinajstić information content (AvgIpc) is 3.16. The number of ether oxygens (including phenoxy) is 1. The van der Waals surface area contributed by atoms with E-state index in [1.807, 2.05) is 49.4 Å². The topological polar surface area (TPSA) is 68.3 Å². The van der Waals surface area contributed by atoms with Crippen LogP contribution in [0.2, 0.25) is 0 Å². The number of carbonyl (C=O) groups excluding carboxylic acids is 2.